The van der Waals surface area contributed by atoms with Gasteiger partial charge in [-0.3, -0.25) is 9.46 Å². The van der Waals surface area contributed by atoms with Crippen molar-refractivity contribution in [2.75, 3.05) is 19.8 Å². The van der Waals surface area contributed by atoms with Crippen LogP contribution in [0.4, 0.5) is 0 Å². The summed E-state index contributed by atoms with van der Waals surface area (Å²) >= 11 is 5.86. The predicted octanol–water partition coefficient (Wildman–Crippen LogP) is 3.60. The number of hydrogen-bond donors (Lipinski definition) is 2. The van der Waals surface area contributed by atoms with Gasteiger partial charge in [0.05, 0.1) is 12.3 Å². The number of benzene rings is 2. The largest absolute Gasteiger partial charge is 0.391 e. The number of aliphatic hydroxyl groups excluding tert-OH is 1. The fourth-order valence-electron chi connectivity index (χ4n) is 2.65. The zero-order valence-corrected chi connectivity index (χ0v) is 15.3. The molecule has 2 aromatic rings. The number of nitrogens with zero attached hydrogens (tertiary/aromatic N) is 1. The van der Waals surface area contributed by atoms with Gasteiger partial charge in [-0.1, -0.05) is 54.1 Å². The van der Waals surface area contributed by atoms with Gasteiger partial charge >= 0.3 is 0 Å². The lowest BCUT2D eigenvalue weighted by Crippen LogP contribution is -2.31. The molecule has 0 spiro atoms. The van der Waals surface area contributed by atoms with Crippen LogP contribution in [0.2, 0.25) is 5.02 Å². The lowest BCUT2D eigenvalue weighted by Gasteiger charge is -2.22. The minimum Gasteiger partial charge on any atom is -0.391 e. The van der Waals surface area contributed by atoms with Crippen LogP contribution in [0.3, 0.4) is 0 Å². The first-order valence-corrected chi connectivity index (χ1v) is 10.2. The monoisotopic (exact) mass is 367 g/mol. The van der Waals surface area contributed by atoms with Crippen LogP contribution < -0.4 is 0 Å². The van der Waals surface area contributed by atoms with Crippen LogP contribution >= 0.6 is 19.0 Å². The highest BCUT2D eigenvalue weighted by molar-refractivity contribution is 7.57. The Labute approximate surface area is 148 Å². The first kappa shape index (κ1) is 19.2. The topological polar surface area (TPSA) is 60.8 Å². The maximum Gasteiger partial charge on any atom is 0.207 e. The highest BCUT2D eigenvalue weighted by atomic mass is 35.5. The number of hydrogen-bond acceptors (Lipinski definition) is 3. The molecule has 0 aromatic heterocycles. The maximum atomic E-state index is 12.3. The van der Waals surface area contributed by atoms with E-state index >= 15 is 0 Å². The van der Waals surface area contributed by atoms with E-state index in [2.05, 4.69) is 0 Å². The summed E-state index contributed by atoms with van der Waals surface area (Å²) in [4.78, 5) is 12.1. The van der Waals surface area contributed by atoms with Crippen LogP contribution in [0, 0.1) is 0 Å². The van der Waals surface area contributed by atoms with Crippen LogP contribution in [0.5, 0.6) is 0 Å². The lowest BCUT2D eigenvalue weighted by molar-refractivity contribution is 0.138. The minimum absolute atomic E-state index is 0.0891. The third-order valence-electron chi connectivity index (χ3n) is 3.66. The van der Waals surface area contributed by atoms with E-state index in [4.69, 9.17) is 11.6 Å². The lowest BCUT2D eigenvalue weighted by atomic mass is 10.2. The van der Waals surface area contributed by atoms with Crippen molar-refractivity contribution in [1.82, 2.24) is 4.90 Å². The van der Waals surface area contributed by atoms with E-state index in [-0.39, 0.29) is 12.3 Å². The van der Waals surface area contributed by atoms with Crippen LogP contribution in [0.1, 0.15) is 11.1 Å². The number of aliphatic hydroxyl groups is 1. The summed E-state index contributed by atoms with van der Waals surface area (Å²) in [6.45, 7) is 0.977. The second-order valence-electron chi connectivity index (χ2n) is 6.15. The van der Waals surface area contributed by atoms with E-state index in [0.717, 1.165) is 11.1 Å². The molecule has 0 heterocycles. The van der Waals surface area contributed by atoms with E-state index in [9.17, 15) is 14.6 Å². The van der Waals surface area contributed by atoms with Gasteiger partial charge in [0.1, 0.15) is 0 Å². The van der Waals surface area contributed by atoms with Crippen molar-refractivity contribution in [2.45, 2.75) is 18.8 Å². The van der Waals surface area contributed by atoms with Gasteiger partial charge in [0, 0.05) is 24.3 Å². The first-order chi connectivity index (χ1) is 11.3. The fourth-order valence-corrected chi connectivity index (χ4v) is 4.46. The van der Waals surface area contributed by atoms with Crippen molar-refractivity contribution >= 4 is 19.0 Å². The van der Waals surface area contributed by atoms with Crippen LogP contribution in [-0.2, 0) is 17.3 Å². The molecule has 24 heavy (non-hydrogen) atoms. The summed E-state index contributed by atoms with van der Waals surface area (Å²) in [6.07, 6.45) is -0.861. The minimum atomic E-state index is -3.41. The normalized spacial score (nSPS) is 15.2. The standard InChI is InChI=1S/C18H23ClNO3P/c1-20(11-15-7-9-17(19)10-8-15)12-18(21)14-24(22,23)13-16-5-3-2-4-6-16/h2-10,18,21H,11-14H2,1H3,(H,22,23)/t18-/m0/s1. The van der Waals surface area contributed by atoms with Gasteiger partial charge in [-0.15, -0.1) is 0 Å². The molecule has 0 radical (unpaired) electrons. The first-order valence-electron chi connectivity index (χ1n) is 7.80. The number of rotatable bonds is 8. The fraction of sp³-hybridized carbons (Fsp3) is 0.333. The highest BCUT2D eigenvalue weighted by Gasteiger charge is 2.24. The molecule has 2 N–H and O–H groups in total. The van der Waals surface area contributed by atoms with Gasteiger partial charge in [0.25, 0.3) is 0 Å². The Hall–Kier alpha value is -1.16. The molecule has 0 saturated carbocycles. The Morgan fingerprint density at radius 3 is 2.33 bits per heavy atom. The smallest absolute Gasteiger partial charge is 0.207 e. The zero-order valence-electron chi connectivity index (χ0n) is 13.7. The molecule has 2 aromatic carbocycles. The van der Waals surface area contributed by atoms with Gasteiger partial charge in [-0.05, 0) is 30.3 Å². The second-order valence-corrected chi connectivity index (χ2v) is 8.96. The van der Waals surface area contributed by atoms with Crippen molar-refractivity contribution in [3.05, 3.63) is 70.7 Å². The Morgan fingerprint density at radius 1 is 1.08 bits per heavy atom. The van der Waals surface area contributed by atoms with Gasteiger partial charge in [0.15, 0.2) is 0 Å². The number of halogens is 1. The van der Waals surface area contributed by atoms with E-state index in [1.807, 2.05) is 66.5 Å². The van der Waals surface area contributed by atoms with E-state index in [1.165, 1.54) is 0 Å². The van der Waals surface area contributed by atoms with E-state index in [0.29, 0.717) is 18.1 Å². The molecule has 0 saturated heterocycles. The van der Waals surface area contributed by atoms with Crippen molar-refractivity contribution in [2.24, 2.45) is 0 Å². The van der Waals surface area contributed by atoms with Crippen molar-refractivity contribution in [3.63, 3.8) is 0 Å². The van der Waals surface area contributed by atoms with Gasteiger partial charge in [-0.2, -0.15) is 0 Å². The van der Waals surface area contributed by atoms with Crippen molar-refractivity contribution in [1.29, 1.82) is 0 Å². The average molecular weight is 368 g/mol. The third kappa shape index (κ3) is 6.76. The van der Waals surface area contributed by atoms with Crippen molar-refractivity contribution < 1.29 is 14.6 Å². The van der Waals surface area contributed by atoms with E-state index < -0.39 is 13.5 Å². The van der Waals surface area contributed by atoms with Crippen LogP contribution in [0.25, 0.3) is 0 Å². The predicted molar refractivity (Wildman–Crippen MR) is 98.6 cm³/mol. The van der Waals surface area contributed by atoms with Gasteiger partial charge in [0.2, 0.25) is 7.37 Å². The maximum absolute atomic E-state index is 12.3. The molecule has 2 rings (SSSR count). The average Bonchev–Trinajstić information content (AvgIpc) is 2.49. The number of likely N-dealkylation sites (N-methyl/N-ethyl adjacent to an activating group) is 1. The molecule has 6 heteroatoms. The Balaban J connectivity index is 1.83. The summed E-state index contributed by atoms with van der Waals surface area (Å²) < 4.78 is 12.3. The molecule has 1 unspecified atom stereocenters. The van der Waals surface area contributed by atoms with Gasteiger partial charge < -0.3 is 10.00 Å². The van der Waals surface area contributed by atoms with Crippen LogP contribution in [0.15, 0.2) is 54.6 Å². The summed E-state index contributed by atoms with van der Waals surface area (Å²) in [5, 5.41) is 10.8. The van der Waals surface area contributed by atoms with Gasteiger partial charge in [-0.25, -0.2) is 0 Å². The molecular weight excluding hydrogens is 345 g/mol. The van der Waals surface area contributed by atoms with Crippen molar-refractivity contribution in [3.8, 4) is 0 Å². The molecule has 4 nitrogen and oxygen atoms in total. The SMILES string of the molecule is CN(Cc1ccc(Cl)cc1)C[C@H](O)CP(=O)(O)Cc1ccccc1. The summed E-state index contributed by atoms with van der Waals surface area (Å²) in [7, 11) is -1.54. The molecule has 2 atom stereocenters. The Kier molecular flexibility index (Phi) is 7.02. The zero-order chi connectivity index (χ0) is 17.6. The summed E-state index contributed by atoms with van der Waals surface area (Å²) in [5.41, 5.74) is 1.88. The Bertz CT molecular complexity index is 678. The molecule has 0 aliphatic rings. The molecule has 0 fully saturated rings. The highest BCUT2D eigenvalue weighted by Crippen LogP contribution is 2.44. The summed E-state index contributed by atoms with van der Waals surface area (Å²) in [5.74, 6) is 0. The molecule has 0 bridgehead atoms. The third-order valence-corrected chi connectivity index (χ3v) is 5.76. The van der Waals surface area contributed by atoms with E-state index in [1.54, 1.807) is 0 Å². The quantitative estimate of drug-likeness (QED) is 0.700. The van der Waals surface area contributed by atoms with Crippen LogP contribution in [-0.4, -0.2) is 40.8 Å². The summed E-state index contributed by atoms with van der Waals surface area (Å²) in [6, 6.07) is 16.7. The molecule has 0 amide bonds. The molecule has 0 aliphatic carbocycles. The second kappa shape index (κ2) is 8.80. The molecule has 0 aliphatic heterocycles. The molecular formula is C18H23ClNO3P. The Morgan fingerprint density at radius 2 is 1.71 bits per heavy atom. The molecule has 130 valence electrons.